The van der Waals surface area contributed by atoms with E-state index in [0.717, 1.165) is 4.68 Å². The maximum absolute atomic E-state index is 11.8. The molecular formula is C11H11ClN2O4S. The van der Waals surface area contributed by atoms with Crippen LogP contribution in [0.15, 0.2) is 27.9 Å². The predicted molar refractivity (Wildman–Crippen MR) is 70.7 cm³/mol. The summed E-state index contributed by atoms with van der Waals surface area (Å²) in [6, 6.07) is 3.86. The van der Waals surface area contributed by atoms with Crippen LogP contribution in [0.2, 0.25) is 5.02 Å². The molecule has 2 aromatic rings. The van der Waals surface area contributed by atoms with Crippen LogP contribution >= 0.6 is 11.6 Å². The minimum absolute atomic E-state index is 0.193. The Morgan fingerprint density at radius 3 is 2.42 bits per heavy atom. The largest absolute Gasteiger partial charge is 0.295 e. The maximum atomic E-state index is 11.8. The Kier molecular flexibility index (Phi) is 3.29. The Balaban J connectivity index is 2.85. The minimum atomic E-state index is -4.37. The number of H-pyrrole nitrogens is 1. The van der Waals surface area contributed by atoms with Crippen molar-refractivity contribution in [2.45, 2.75) is 18.7 Å². The molecule has 0 bridgehead atoms. The van der Waals surface area contributed by atoms with Gasteiger partial charge in [-0.25, -0.2) is 4.68 Å². The second-order valence-electron chi connectivity index (χ2n) is 4.11. The van der Waals surface area contributed by atoms with Gasteiger partial charge in [0.05, 0.1) is 15.6 Å². The molecule has 0 radical (unpaired) electrons. The fourth-order valence-electron chi connectivity index (χ4n) is 1.88. The average Bonchev–Trinajstić information content (AvgIpc) is 2.56. The molecule has 8 heteroatoms. The molecule has 0 aliphatic heterocycles. The van der Waals surface area contributed by atoms with Crippen molar-refractivity contribution in [3.8, 4) is 5.69 Å². The van der Waals surface area contributed by atoms with E-state index in [1.54, 1.807) is 6.92 Å². The van der Waals surface area contributed by atoms with Crippen LogP contribution in [0.1, 0.15) is 11.3 Å². The Bertz CT molecular complexity index is 805. The minimum Gasteiger partial charge on any atom is -0.295 e. The van der Waals surface area contributed by atoms with Crippen molar-refractivity contribution in [2.24, 2.45) is 0 Å². The molecule has 0 fully saturated rings. The first-order chi connectivity index (χ1) is 8.71. The van der Waals surface area contributed by atoms with Crippen LogP contribution < -0.4 is 5.56 Å². The van der Waals surface area contributed by atoms with Gasteiger partial charge in [0.15, 0.2) is 0 Å². The normalized spacial score (nSPS) is 11.8. The molecule has 0 unspecified atom stereocenters. The van der Waals surface area contributed by atoms with Crippen molar-refractivity contribution in [2.75, 3.05) is 0 Å². The zero-order valence-electron chi connectivity index (χ0n) is 10.1. The maximum Gasteiger partial charge on any atom is 0.294 e. The zero-order chi connectivity index (χ0) is 14.4. The molecule has 0 spiro atoms. The van der Waals surface area contributed by atoms with Crippen LogP contribution in [-0.2, 0) is 10.1 Å². The molecule has 1 aromatic carbocycles. The molecule has 2 N–H and O–H groups in total. The quantitative estimate of drug-likeness (QED) is 0.826. The van der Waals surface area contributed by atoms with Crippen LogP contribution in [-0.4, -0.2) is 22.8 Å². The van der Waals surface area contributed by atoms with Gasteiger partial charge in [0.25, 0.3) is 15.7 Å². The van der Waals surface area contributed by atoms with Crippen LogP contribution in [0.4, 0.5) is 0 Å². The Hall–Kier alpha value is -1.57. The van der Waals surface area contributed by atoms with Gasteiger partial charge in [0.1, 0.15) is 0 Å². The van der Waals surface area contributed by atoms with Crippen molar-refractivity contribution in [1.82, 2.24) is 9.78 Å². The summed E-state index contributed by atoms with van der Waals surface area (Å²) in [5.74, 6) is 0. The summed E-state index contributed by atoms with van der Waals surface area (Å²) in [7, 11) is -4.37. The fraction of sp³-hybridized carbons (Fsp3) is 0.182. The lowest BCUT2D eigenvalue weighted by molar-refractivity contribution is 0.482. The van der Waals surface area contributed by atoms with E-state index in [0.29, 0.717) is 5.69 Å². The molecule has 0 atom stereocenters. The number of halogens is 1. The molecule has 102 valence electrons. The van der Waals surface area contributed by atoms with E-state index in [1.807, 2.05) is 0 Å². The lowest BCUT2D eigenvalue weighted by Gasteiger charge is -2.11. The first-order valence-corrected chi connectivity index (χ1v) is 7.09. The Labute approximate surface area is 114 Å². The van der Waals surface area contributed by atoms with Crippen molar-refractivity contribution >= 4 is 21.7 Å². The second kappa shape index (κ2) is 4.52. The smallest absolute Gasteiger partial charge is 0.294 e. The number of benzene rings is 1. The molecule has 0 saturated carbocycles. The van der Waals surface area contributed by atoms with Crippen molar-refractivity contribution in [1.29, 1.82) is 0 Å². The van der Waals surface area contributed by atoms with Crippen LogP contribution in [0.5, 0.6) is 0 Å². The van der Waals surface area contributed by atoms with Crippen molar-refractivity contribution < 1.29 is 13.0 Å². The van der Waals surface area contributed by atoms with E-state index in [-0.39, 0.29) is 26.7 Å². The summed E-state index contributed by atoms with van der Waals surface area (Å²) in [6.45, 7) is 3.15. The first-order valence-electron chi connectivity index (χ1n) is 5.27. The van der Waals surface area contributed by atoms with Crippen molar-refractivity contribution in [3.63, 3.8) is 0 Å². The van der Waals surface area contributed by atoms with E-state index < -0.39 is 10.1 Å². The third-order valence-electron chi connectivity index (χ3n) is 2.68. The van der Waals surface area contributed by atoms with Crippen LogP contribution in [0.3, 0.4) is 0 Å². The molecule has 0 aliphatic rings. The van der Waals surface area contributed by atoms with Gasteiger partial charge >= 0.3 is 0 Å². The molecule has 0 amide bonds. The monoisotopic (exact) mass is 302 g/mol. The van der Waals surface area contributed by atoms with Gasteiger partial charge in [-0.1, -0.05) is 11.6 Å². The number of aromatic amines is 1. The van der Waals surface area contributed by atoms with Crippen LogP contribution in [0.25, 0.3) is 5.69 Å². The summed E-state index contributed by atoms with van der Waals surface area (Å²) in [6.07, 6.45) is 0. The first kappa shape index (κ1) is 13.9. The van der Waals surface area contributed by atoms with Gasteiger partial charge < -0.3 is 0 Å². The standard InChI is InChI=1S/C11H11ClN2O4S/c1-6-5-10(15)14(13-6)11-7(2)9(19(16,17)18)4-3-8(11)12/h3-5,13H,1-2H3,(H,16,17,18). The van der Waals surface area contributed by atoms with E-state index >= 15 is 0 Å². The molecule has 6 nitrogen and oxygen atoms in total. The Morgan fingerprint density at radius 2 is 1.95 bits per heavy atom. The van der Waals surface area contributed by atoms with Gasteiger partial charge in [-0.15, -0.1) is 0 Å². The SMILES string of the molecule is Cc1cc(=O)n(-c2c(Cl)ccc(S(=O)(=O)O)c2C)[nH]1. The molecule has 0 aliphatic carbocycles. The fourth-order valence-corrected chi connectivity index (χ4v) is 2.90. The molecule has 1 heterocycles. The Morgan fingerprint density at radius 1 is 1.32 bits per heavy atom. The molecule has 1 aromatic heterocycles. The number of hydrogen-bond donors (Lipinski definition) is 2. The highest BCUT2D eigenvalue weighted by atomic mass is 35.5. The molecule has 2 rings (SSSR count). The van der Waals surface area contributed by atoms with Gasteiger partial charge in [-0.05, 0) is 31.5 Å². The number of rotatable bonds is 2. The highest BCUT2D eigenvalue weighted by Gasteiger charge is 2.20. The van der Waals surface area contributed by atoms with Gasteiger partial charge in [0, 0.05) is 11.8 Å². The third kappa shape index (κ3) is 2.44. The highest BCUT2D eigenvalue weighted by molar-refractivity contribution is 7.85. The van der Waals surface area contributed by atoms with E-state index in [9.17, 15) is 13.2 Å². The number of nitrogens with zero attached hydrogens (tertiary/aromatic N) is 1. The molecular weight excluding hydrogens is 292 g/mol. The van der Waals surface area contributed by atoms with Gasteiger partial charge in [-0.3, -0.25) is 14.4 Å². The molecule has 19 heavy (non-hydrogen) atoms. The second-order valence-corrected chi connectivity index (χ2v) is 5.90. The lowest BCUT2D eigenvalue weighted by atomic mass is 10.2. The summed E-state index contributed by atoms with van der Waals surface area (Å²) < 4.78 is 32.8. The van der Waals surface area contributed by atoms with Gasteiger partial charge in [0.2, 0.25) is 0 Å². The molecule has 0 saturated heterocycles. The zero-order valence-corrected chi connectivity index (χ0v) is 11.7. The van der Waals surface area contributed by atoms with E-state index in [1.165, 1.54) is 25.1 Å². The van der Waals surface area contributed by atoms with Gasteiger partial charge in [-0.2, -0.15) is 8.42 Å². The summed E-state index contributed by atoms with van der Waals surface area (Å²) in [5.41, 5.74) is 0.640. The van der Waals surface area contributed by atoms with Crippen LogP contribution in [0, 0.1) is 13.8 Å². The van der Waals surface area contributed by atoms with E-state index in [4.69, 9.17) is 16.2 Å². The van der Waals surface area contributed by atoms with E-state index in [2.05, 4.69) is 5.10 Å². The third-order valence-corrected chi connectivity index (χ3v) is 3.99. The lowest BCUT2D eigenvalue weighted by Crippen LogP contribution is -2.16. The topological polar surface area (TPSA) is 92.2 Å². The number of hydrogen-bond acceptors (Lipinski definition) is 3. The summed E-state index contributed by atoms with van der Waals surface area (Å²) in [4.78, 5) is 11.5. The number of aryl methyl sites for hydroxylation is 1. The summed E-state index contributed by atoms with van der Waals surface area (Å²) >= 11 is 6.01. The van der Waals surface area contributed by atoms with Crippen molar-refractivity contribution in [3.05, 3.63) is 44.8 Å². The number of nitrogens with one attached hydrogen (secondary N) is 1. The highest BCUT2D eigenvalue weighted by Crippen LogP contribution is 2.28. The number of aromatic nitrogens is 2. The predicted octanol–water partition coefficient (Wildman–Crippen LogP) is 1.68. The summed E-state index contributed by atoms with van der Waals surface area (Å²) in [5, 5.41) is 2.97. The average molecular weight is 303 g/mol.